The Morgan fingerprint density at radius 1 is 1.47 bits per heavy atom. The largest absolute Gasteiger partial charge is 0.478 e. The van der Waals surface area contributed by atoms with Gasteiger partial charge < -0.3 is 5.11 Å². The highest BCUT2D eigenvalue weighted by Crippen LogP contribution is 2.23. The number of carboxylic acid groups (broad SMARTS) is 1. The maximum absolute atomic E-state index is 11.1. The molecule has 0 radical (unpaired) electrons. The zero-order valence-electron chi connectivity index (χ0n) is 9.31. The Morgan fingerprint density at radius 3 is 2.71 bits per heavy atom. The first-order valence-electron chi connectivity index (χ1n) is 4.91. The molecule has 0 atom stereocenters. The van der Waals surface area contributed by atoms with Gasteiger partial charge in [0.05, 0.1) is 22.1 Å². The van der Waals surface area contributed by atoms with Crippen LogP contribution in [0.5, 0.6) is 0 Å². The van der Waals surface area contributed by atoms with E-state index in [2.05, 4.69) is 10.1 Å². The Morgan fingerprint density at radius 2 is 2.18 bits per heavy atom. The predicted octanol–water partition coefficient (Wildman–Crippen LogP) is 2.24. The number of aryl methyl sites for hydroxylation is 1. The number of hydrogen-bond acceptors (Lipinski definition) is 3. The van der Waals surface area contributed by atoms with E-state index in [-0.39, 0.29) is 5.56 Å². The van der Waals surface area contributed by atoms with Crippen molar-refractivity contribution in [2.45, 2.75) is 13.8 Å². The molecule has 5 nitrogen and oxygen atoms in total. The summed E-state index contributed by atoms with van der Waals surface area (Å²) in [6.45, 7) is 3.56. The molecule has 2 rings (SSSR count). The molecule has 0 unspecified atom stereocenters. The zero-order valence-corrected chi connectivity index (χ0v) is 10.1. The fraction of sp³-hybridized carbons (Fsp3) is 0.182. The molecule has 0 aliphatic heterocycles. The van der Waals surface area contributed by atoms with Gasteiger partial charge in [0.2, 0.25) is 0 Å². The highest BCUT2D eigenvalue weighted by Gasteiger charge is 2.16. The summed E-state index contributed by atoms with van der Waals surface area (Å²) in [7, 11) is 0. The molecule has 0 aliphatic carbocycles. The minimum atomic E-state index is -1.04. The SMILES string of the molecule is Cc1nn(-c2ccncc2C(=O)O)c(C)c1Cl. The fourth-order valence-electron chi connectivity index (χ4n) is 1.59. The normalized spacial score (nSPS) is 10.5. The molecule has 2 heterocycles. The molecule has 0 fully saturated rings. The average Bonchev–Trinajstić information content (AvgIpc) is 2.57. The molecular formula is C11H10ClN3O2. The first-order valence-corrected chi connectivity index (χ1v) is 5.29. The van der Waals surface area contributed by atoms with Crippen LogP contribution >= 0.6 is 11.6 Å². The van der Waals surface area contributed by atoms with Crippen LogP contribution in [0, 0.1) is 13.8 Å². The number of rotatable bonds is 2. The van der Waals surface area contributed by atoms with Crippen LogP contribution in [0.25, 0.3) is 5.69 Å². The van der Waals surface area contributed by atoms with Gasteiger partial charge in [0.15, 0.2) is 0 Å². The fourth-order valence-corrected chi connectivity index (χ4v) is 1.71. The number of aromatic carboxylic acids is 1. The minimum absolute atomic E-state index is 0.0924. The molecule has 0 aromatic carbocycles. The van der Waals surface area contributed by atoms with Crippen molar-refractivity contribution in [1.82, 2.24) is 14.8 Å². The third-order valence-electron chi connectivity index (χ3n) is 2.46. The molecule has 2 aromatic rings. The van der Waals surface area contributed by atoms with Gasteiger partial charge in [-0.1, -0.05) is 11.6 Å². The summed E-state index contributed by atoms with van der Waals surface area (Å²) in [6, 6.07) is 1.60. The molecule has 0 bridgehead atoms. The third-order valence-corrected chi connectivity index (χ3v) is 3.01. The monoisotopic (exact) mass is 251 g/mol. The van der Waals surface area contributed by atoms with Crippen molar-refractivity contribution in [3.63, 3.8) is 0 Å². The predicted molar refractivity (Wildman–Crippen MR) is 62.8 cm³/mol. The van der Waals surface area contributed by atoms with Crippen LogP contribution < -0.4 is 0 Å². The second-order valence-electron chi connectivity index (χ2n) is 3.59. The molecule has 88 valence electrons. The quantitative estimate of drug-likeness (QED) is 0.889. The van der Waals surface area contributed by atoms with Gasteiger partial charge in [-0.3, -0.25) is 4.98 Å². The lowest BCUT2D eigenvalue weighted by Gasteiger charge is -2.07. The Balaban J connectivity index is 2.68. The second-order valence-corrected chi connectivity index (χ2v) is 3.97. The first-order chi connectivity index (χ1) is 8.02. The Kier molecular flexibility index (Phi) is 2.85. The molecule has 2 aromatic heterocycles. The van der Waals surface area contributed by atoms with Crippen LogP contribution in [0.2, 0.25) is 5.02 Å². The van der Waals surface area contributed by atoms with Crippen LogP contribution in [0.3, 0.4) is 0 Å². The van der Waals surface area contributed by atoms with E-state index in [0.29, 0.717) is 22.1 Å². The Bertz CT molecular complexity index is 592. The summed E-state index contributed by atoms with van der Waals surface area (Å²) < 4.78 is 1.52. The lowest BCUT2D eigenvalue weighted by molar-refractivity contribution is 0.0696. The molecule has 0 aliphatic rings. The van der Waals surface area contributed by atoms with Crippen LogP contribution in [-0.2, 0) is 0 Å². The number of nitrogens with zero attached hydrogens (tertiary/aromatic N) is 3. The van der Waals surface area contributed by atoms with E-state index in [1.165, 1.54) is 17.1 Å². The van der Waals surface area contributed by atoms with E-state index in [0.717, 1.165) is 0 Å². The summed E-state index contributed by atoms with van der Waals surface area (Å²) in [5.74, 6) is -1.04. The molecule has 0 spiro atoms. The Labute approximate surface area is 103 Å². The molecule has 6 heteroatoms. The van der Waals surface area contributed by atoms with E-state index < -0.39 is 5.97 Å². The summed E-state index contributed by atoms with van der Waals surface area (Å²) in [5, 5.41) is 13.8. The number of carbonyl (C=O) groups is 1. The summed E-state index contributed by atoms with van der Waals surface area (Å²) in [4.78, 5) is 14.9. The topological polar surface area (TPSA) is 68.0 Å². The second kappa shape index (κ2) is 4.18. The van der Waals surface area contributed by atoms with Gasteiger partial charge in [0.25, 0.3) is 0 Å². The van der Waals surface area contributed by atoms with Crippen molar-refractivity contribution >= 4 is 17.6 Å². The number of hydrogen-bond donors (Lipinski definition) is 1. The van der Waals surface area contributed by atoms with Crippen molar-refractivity contribution in [3.05, 3.63) is 40.4 Å². The summed E-state index contributed by atoms with van der Waals surface area (Å²) in [6.07, 6.45) is 2.81. The molecule has 0 amide bonds. The zero-order chi connectivity index (χ0) is 12.6. The van der Waals surface area contributed by atoms with Crippen LogP contribution in [0.4, 0.5) is 0 Å². The van der Waals surface area contributed by atoms with Crippen molar-refractivity contribution in [2.24, 2.45) is 0 Å². The Hall–Kier alpha value is -1.88. The van der Waals surface area contributed by atoms with E-state index in [4.69, 9.17) is 16.7 Å². The summed E-state index contributed by atoms with van der Waals surface area (Å²) >= 11 is 6.03. The molecule has 17 heavy (non-hydrogen) atoms. The average molecular weight is 252 g/mol. The van der Waals surface area contributed by atoms with Gasteiger partial charge in [0.1, 0.15) is 5.56 Å². The van der Waals surface area contributed by atoms with Gasteiger partial charge in [0, 0.05) is 12.4 Å². The highest BCUT2D eigenvalue weighted by atomic mass is 35.5. The minimum Gasteiger partial charge on any atom is -0.478 e. The van der Waals surface area contributed by atoms with Crippen molar-refractivity contribution in [2.75, 3.05) is 0 Å². The number of pyridine rings is 1. The van der Waals surface area contributed by atoms with Gasteiger partial charge in [-0.2, -0.15) is 5.10 Å². The smallest absolute Gasteiger partial charge is 0.339 e. The molecule has 0 saturated carbocycles. The number of carboxylic acids is 1. The van der Waals surface area contributed by atoms with Gasteiger partial charge in [-0.25, -0.2) is 9.48 Å². The maximum Gasteiger partial charge on any atom is 0.339 e. The van der Waals surface area contributed by atoms with Crippen molar-refractivity contribution in [1.29, 1.82) is 0 Å². The molecule has 1 N–H and O–H groups in total. The van der Waals surface area contributed by atoms with Crippen molar-refractivity contribution in [3.8, 4) is 5.69 Å². The first kappa shape index (κ1) is 11.6. The maximum atomic E-state index is 11.1. The van der Waals surface area contributed by atoms with Gasteiger partial charge >= 0.3 is 5.97 Å². The lowest BCUT2D eigenvalue weighted by atomic mass is 10.2. The van der Waals surface area contributed by atoms with E-state index in [1.807, 2.05) is 0 Å². The van der Waals surface area contributed by atoms with E-state index >= 15 is 0 Å². The molecular weight excluding hydrogens is 242 g/mol. The van der Waals surface area contributed by atoms with Gasteiger partial charge in [-0.15, -0.1) is 0 Å². The van der Waals surface area contributed by atoms with Crippen LogP contribution in [0.15, 0.2) is 18.5 Å². The number of aromatic nitrogens is 3. The van der Waals surface area contributed by atoms with Crippen LogP contribution in [-0.4, -0.2) is 25.8 Å². The lowest BCUT2D eigenvalue weighted by Crippen LogP contribution is -2.08. The van der Waals surface area contributed by atoms with E-state index in [1.54, 1.807) is 19.9 Å². The van der Waals surface area contributed by atoms with Gasteiger partial charge in [-0.05, 0) is 19.9 Å². The van der Waals surface area contributed by atoms with Crippen LogP contribution in [0.1, 0.15) is 21.7 Å². The third kappa shape index (κ3) is 1.89. The summed E-state index contributed by atoms with van der Waals surface area (Å²) in [5.41, 5.74) is 1.92. The highest BCUT2D eigenvalue weighted by molar-refractivity contribution is 6.31. The standard InChI is InChI=1S/C11H10ClN3O2/c1-6-10(12)7(2)15(14-6)9-3-4-13-5-8(9)11(16)17/h3-5H,1-2H3,(H,16,17). The van der Waals surface area contributed by atoms with E-state index in [9.17, 15) is 4.79 Å². The molecule has 0 saturated heterocycles. The van der Waals surface area contributed by atoms with Crippen molar-refractivity contribution < 1.29 is 9.90 Å². The number of halogens is 1.